The minimum atomic E-state index is 0.383. The Morgan fingerprint density at radius 1 is 0.792 bits per heavy atom. The first-order valence-electron chi connectivity index (χ1n) is 8.46. The van der Waals surface area contributed by atoms with Gasteiger partial charge in [0.15, 0.2) is 0 Å². The normalized spacial score (nSPS) is 14.3. The van der Waals surface area contributed by atoms with E-state index in [2.05, 4.69) is 47.4 Å². The molecule has 0 saturated carbocycles. The van der Waals surface area contributed by atoms with Gasteiger partial charge in [-0.2, -0.15) is 0 Å². The second-order valence-electron chi connectivity index (χ2n) is 6.44. The van der Waals surface area contributed by atoms with Crippen LogP contribution in [0.3, 0.4) is 0 Å². The Balaban J connectivity index is 1.57. The molecule has 24 heavy (non-hydrogen) atoms. The molecule has 0 aliphatic carbocycles. The average Bonchev–Trinajstić information content (AvgIpc) is 2.64. The van der Waals surface area contributed by atoms with E-state index in [4.69, 9.17) is 0 Å². The van der Waals surface area contributed by atoms with E-state index >= 15 is 0 Å². The highest BCUT2D eigenvalue weighted by Crippen LogP contribution is 2.28. The van der Waals surface area contributed by atoms with Crippen LogP contribution < -0.4 is 0 Å². The first-order chi connectivity index (χ1) is 11.8. The standard InChI is InChI=1S/C22H21NO/c24-22-11-10-19(17-6-2-1-3-7-17)14-21(22)16-23-13-12-18-8-4-5-9-20(18)15-23/h1-11,14,24H,12-13,15-16H2. The number of phenols is 1. The lowest BCUT2D eigenvalue weighted by molar-refractivity contribution is 0.242. The molecule has 0 aromatic heterocycles. The minimum absolute atomic E-state index is 0.383. The fourth-order valence-corrected chi connectivity index (χ4v) is 3.45. The Morgan fingerprint density at radius 2 is 1.54 bits per heavy atom. The van der Waals surface area contributed by atoms with E-state index < -0.39 is 0 Å². The fraction of sp³-hybridized carbons (Fsp3) is 0.182. The number of hydrogen-bond acceptors (Lipinski definition) is 2. The molecular weight excluding hydrogens is 294 g/mol. The van der Waals surface area contributed by atoms with Gasteiger partial charge in [-0.15, -0.1) is 0 Å². The summed E-state index contributed by atoms with van der Waals surface area (Å²) in [7, 11) is 0. The van der Waals surface area contributed by atoms with E-state index in [1.54, 1.807) is 0 Å². The topological polar surface area (TPSA) is 23.5 Å². The summed E-state index contributed by atoms with van der Waals surface area (Å²) in [5.41, 5.74) is 6.19. The summed E-state index contributed by atoms with van der Waals surface area (Å²) >= 11 is 0. The van der Waals surface area contributed by atoms with Crippen LogP contribution in [0.15, 0.2) is 72.8 Å². The number of rotatable bonds is 3. The van der Waals surface area contributed by atoms with Crippen LogP contribution >= 0.6 is 0 Å². The van der Waals surface area contributed by atoms with E-state index in [-0.39, 0.29) is 0 Å². The quantitative estimate of drug-likeness (QED) is 0.762. The van der Waals surface area contributed by atoms with Crippen molar-refractivity contribution in [2.45, 2.75) is 19.5 Å². The van der Waals surface area contributed by atoms with Gasteiger partial charge in [0.1, 0.15) is 5.75 Å². The zero-order chi connectivity index (χ0) is 16.4. The van der Waals surface area contributed by atoms with Crippen LogP contribution in [0.25, 0.3) is 11.1 Å². The molecule has 0 bridgehead atoms. The van der Waals surface area contributed by atoms with Crippen LogP contribution in [-0.4, -0.2) is 16.6 Å². The summed E-state index contributed by atoms with van der Waals surface area (Å²) in [5, 5.41) is 10.3. The summed E-state index contributed by atoms with van der Waals surface area (Å²) in [6, 6.07) is 24.9. The summed E-state index contributed by atoms with van der Waals surface area (Å²) in [4.78, 5) is 2.41. The van der Waals surface area contributed by atoms with Crippen molar-refractivity contribution in [3.8, 4) is 16.9 Å². The van der Waals surface area contributed by atoms with Gasteiger partial charge in [-0.05, 0) is 40.8 Å². The van der Waals surface area contributed by atoms with Crippen molar-refractivity contribution in [2.75, 3.05) is 6.54 Å². The number of aromatic hydroxyl groups is 1. The number of hydrogen-bond donors (Lipinski definition) is 1. The van der Waals surface area contributed by atoms with Gasteiger partial charge in [0.2, 0.25) is 0 Å². The number of fused-ring (bicyclic) bond motifs is 1. The van der Waals surface area contributed by atoms with Crippen molar-refractivity contribution >= 4 is 0 Å². The van der Waals surface area contributed by atoms with Gasteiger partial charge in [0.25, 0.3) is 0 Å². The maximum atomic E-state index is 10.3. The molecule has 1 heterocycles. The number of nitrogens with zero attached hydrogens (tertiary/aromatic N) is 1. The van der Waals surface area contributed by atoms with E-state index in [9.17, 15) is 5.11 Å². The third-order valence-corrected chi connectivity index (χ3v) is 4.79. The summed E-state index contributed by atoms with van der Waals surface area (Å²) < 4.78 is 0. The maximum Gasteiger partial charge on any atom is 0.120 e. The largest absolute Gasteiger partial charge is 0.508 e. The van der Waals surface area contributed by atoms with Gasteiger partial charge in [0.05, 0.1) is 0 Å². The molecule has 1 aliphatic heterocycles. The molecule has 1 N–H and O–H groups in total. The predicted molar refractivity (Wildman–Crippen MR) is 97.8 cm³/mol. The fourth-order valence-electron chi connectivity index (χ4n) is 3.45. The molecule has 0 fully saturated rings. The first-order valence-corrected chi connectivity index (χ1v) is 8.46. The zero-order valence-electron chi connectivity index (χ0n) is 13.7. The molecule has 2 nitrogen and oxygen atoms in total. The summed E-state index contributed by atoms with van der Waals surface area (Å²) in [5.74, 6) is 0.383. The van der Waals surface area contributed by atoms with Crippen molar-refractivity contribution in [2.24, 2.45) is 0 Å². The van der Waals surface area contributed by atoms with Crippen molar-refractivity contribution in [3.05, 3.63) is 89.5 Å². The molecule has 0 saturated heterocycles. The Hall–Kier alpha value is -2.58. The number of phenolic OH excluding ortho intramolecular Hbond substituents is 1. The molecule has 0 radical (unpaired) electrons. The smallest absolute Gasteiger partial charge is 0.120 e. The lowest BCUT2D eigenvalue weighted by Crippen LogP contribution is -2.30. The van der Waals surface area contributed by atoms with Crippen molar-refractivity contribution in [1.82, 2.24) is 4.90 Å². The molecule has 120 valence electrons. The lowest BCUT2D eigenvalue weighted by atomic mass is 9.98. The molecule has 4 rings (SSSR count). The minimum Gasteiger partial charge on any atom is -0.508 e. The molecular formula is C22H21NO. The van der Waals surface area contributed by atoms with Crippen molar-refractivity contribution in [3.63, 3.8) is 0 Å². The van der Waals surface area contributed by atoms with Crippen LogP contribution in [0.4, 0.5) is 0 Å². The lowest BCUT2D eigenvalue weighted by Gasteiger charge is -2.29. The van der Waals surface area contributed by atoms with Crippen LogP contribution in [0.1, 0.15) is 16.7 Å². The van der Waals surface area contributed by atoms with E-state index in [0.29, 0.717) is 5.75 Å². The SMILES string of the molecule is Oc1ccc(-c2ccccc2)cc1CN1CCc2ccccc2C1. The molecule has 3 aromatic carbocycles. The molecule has 3 aromatic rings. The molecule has 0 unspecified atom stereocenters. The molecule has 0 spiro atoms. The Morgan fingerprint density at radius 3 is 2.38 bits per heavy atom. The number of benzene rings is 3. The van der Waals surface area contributed by atoms with Crippen molar-refractivity contribution in [1.29, 1.82) is 0 Å². The second kappa shape index (κ2) is 6.50. The van der Waals surface area contributed by atoms with E-state index in [0.717, 1.165) is 37.2 Å². The van der Waals surface area contributed by atoms with Crippen molar-refractivity contribution < 1.29 is 5.11 Å². The van der Waals surface area contributed by atoms with E-state index in [1.165, 1.54) is 16.7 Å². The zero-order valence-corrected chi connectivity index (χ0v) is 13.7. The van der Waals surface area contributed by atoms with E-state index in [1.807, 2.05) is 30.3 Å². The molecule has 1 aliphatic rings. The monoisotopic (exact) mass is 315 g/mol. The van der Waals surface area contributed by atoms with Gasteiger partial charge >= 0.3 is 0 Å². The van der Waals surface area contributed by atoms with Gasteiger partial charge in [-0.3, -0.25) is 4.90 Å². The Bertz CT molecular complexity index is 842. The van der Waals surface area contributed by atoms with Gasteiger partial charge in [-0.25, -0.2) is 0 Å². The third-order valence-electron chi connectivity index (χ3n) is 4.79. The first kappa shape index (κ1) is 15.0. The average molecular weight is 315 g/mol. The summed E-state index contributed by atoms with van der Waals surface area (Å²) in [6.45, 7) is 2.76. The highest BCUT2D eigenvalue weighted by molar-refractivity contribution is 5.65. The molecule has 2 heteroatoms. The molecule has 0 amide bonds. The van der Waals surface area contributed by atoms with Crippen LogP contribution in [0, 0.1) is 0 Å². The van der Waals surface area contributed by atoms with Gasteiger partial charge in [0, 0.05) is 25.2 Å². The van der Waals surface area contributed by atoms with Crippen LogP contribution in [0.2, 0.25) is 0 Å². The highest BCUT2D eigenvalue weighted by atomic mass is 16.3. The van der Waals surface area contributed by atoms with Gasteiger partial charge in [-0.1, -0.05) is 60.7 Å². The molecule has 0 atom stereocenters. The van der Waals surface area contributed by atoms with Gasteiger partial charge < -0.3 is 5.11 Å². The highest BCUT2D eigenvalue weighted by Gasteiger charge is 2.17. The Labute approximate surface area is 143 Å². The second-order valence-corrected chi connectivity index (χ2v) is 6.44. The Kier molecular flexibility index (Phi) is 4.06. The summed E-state index contributed by atoms with van der Waals surface area (Å²) in [6.07, 6.45) is 1.08. The van der Waals surface area contributed by atoms with Crippen LogP contribution in [-0.2, 0) is 19.5 Å². The maximum absolute atomic E-state index is 10.3. The predicted octanol–water partition coefficient (Wildman–Crippen LogP) is 4.62. The third kappa shape index (κ3) is 3.06. The van der Waals surface area contributed by atoms with Crippen LogP contribution in [0.5, 0.6) is 5.75 Å².